The molecule has 1 atom stereocenters. The van der Waals surface area contributed by atoms with Crippen molar-refractivity contribution >= 4 is 5.91 Å². The Hall–Kier alpha value is -3.19. The Morgan fingerprint density at radius 1 is 0.966 bits per heavy atom. The lowest BCUT2D eigenvalue weighted by molar-refractivity contribution is 0.0923. The Balaban J connectivity index is 1.43. The quantitative estimate of drug-likeness (QED) is 0.699. The third-order valence-corrected chi connectivity index (χ3v) is 5.19. The fourth-order valence-corrected chi connectivity index (χ4v) is 3.64. The average Bonchev–Trinajstić information content (AvgIpc) is 2.81. The molecule has 1 aliphatic heterocycles. The van der Waals surface area contributed by atoms with Crippen molar-refractivity contribution in [2.24, 2.45) is 0 Å². The highest BCUT2D eigenvalue weighted by Crippen LogP contribution is 2.23. The molecule has 4 rings (SSSR count). The number of carbonyl (C=O) groups excluding carboxylic acids is 1. The van der Waals surface area contributed by atoms with E-state index in [-0.39, 0.29) is 11.9 Å². The summed E-state index contributed by atoms with van der Waals surface area (Å²) >= 11 is 0. The highest BCUT2D eigenvalue weighted by atomic mass is 16.1. The summed E-state index contributed by atoms with van der Waals surface area (Å²) in [5.74, 6) is 0.379. The molecule has 1 unspecified atom stereocenters. The molecule has 3 aromatic heterocycles. The maximum Gasteiger partial charge on any atom is 0.254 e. The maximum absolute atomic E-state index is 12.7. The number of hydrogen-bond donors (Lipinski definition) is 1. The summed E-state index contributed by atoms with van der Waals surface area (Å²) < 4.78 is 0. The molecular weight excluding hydrogens is 364 g/mol. The molecule has 0 aromatic carbocycles. The molecule has 0 aliphatic carbocycles. The van der Waals surface area contributed by atoms with Gasteiger partial charge < -0.3 is 5.32 Å². The van der Waals surface area contributed by atoms with E-state index in [1.165, 1.54) is 19.3 Å². The van der Waals surface area contributed by atoms with Crippen molar-refractivity contribution in [2.75, 3.05) is 19.6 Å². The molecule has 7 nitrogen and oxygen atoms in total. The van der Waals surface area contributed by atoms with Crippen LogP contribution in [0.1, 0.15) is 41.2 Å². The van der Waals surface area contributed by atoms with Crippen LogP contribution in [-0.4, -0.2) is 50.4 Å². The Morgan fingerprint density at radius 3 is 2.34 bits per heavy atom. The molecule has 1 amide bonds. The van der Waals surface area contributed by atoms with Crippen molar-refractivity contribution in [2.45, 2.75) is 25.3 Å². The number of piperidine rings is 1. The van der Waals surface area contributed by atoms with E-state index in [0.29, 0.717) is 17.9 Å². The van der Waals surface area contributed by atoms with Crippen molar-refractivity contribution in [3.63, 3.8) is 0 Å². The van der Waals surface area contributed by atoms with Gasteiger partial charge in [0.2, 0.25) is 0 Å². The number of nitrogens with zero attached hydrogens (tertiary/aromatic N) is 5. The van der Waals surface area contributed by atoms with Crippen LogP contribution in [-0.2, 0) is 0 Å². The van der Waals surface area contributed by atoms with Gasteiger partial charge in [-0.2, -0.15) is 0 Å². The first-order valence-corrected chi connectivity index (χ1v) is 9.96. The molecule has 1 fully saturated rings. The number of carbonyl (C=O) groups is 1. The lowest BCUT2D eigenvalue weighted by atomic mass is 10.0. The number of pyridine rings is 2. The summed E-state index contributed by atoms with van der Waals surface area (Å²) in [6, 6.07) is 7.85. The standard InChI is InChI=1S/C22H24N6O/c29-22(19-14-25-21(26-15-19)18-7-5-9-24-13-18)27-16-20(17-6-4-8-23-12-17)28-10-2-1-3-11-28/h4-9,12-15,20H,1-3,10-11,16H2,(H,27,29). The second-order valence-corrected chi connectivity index (χ2v) is 7.15. The van der Waals surface area contributed by atoms with Gasteiger partial charge in [-0.25, -0.2) is 9.97 Å². The second kappa shape index (κ2) is 9.34. The van der Waals surface area contributed by atoms with Gasteiger partial charge in [-0.05, 0) is 49.7 Å². The van der Waals surface area contributed by atoms with Crippen LogP contribution in [0.15, 0.2) is 61.4 Å². The van der Waals surface area contributed by atoms with Gasteiger partial charge in [0.05, 0.1) is 11.6 Å². The topological polar surface area (TPSA) is 83.9 Å². The second-order valence-electron chi connectivity index (χ2n) is 7.15. The minimum Gasteiger partial charge on any atom is -0.350 e. The normalized spacial score (nSPS) is 15.6. The van der Waals surface area contributed by atoms with Crippen LogP contribution in [0.2, 0.25) is 0 Å². The predicted octanol–water partition coefficient (Wildman–Crippen LogP) is 2.89. The first-order chi connectivity index (χ1) is 14.3. The summed E-state index contributed by atoms with van der Waals surface area (Å²) in [5, 5.41) is 3.05. The number of nitrogens with one attached hydrogen (secondary N) is 1. The van der Waals surface area contributed by atoms with Gasteiger partial charge in [-0.15, -0.1) is 0 Å². The van der Waals surface area contributed by atoms with E-state index >= 15 is 0 Å². The number of amides is 1. The van der Waals surface area contributed by atoms with Gasteiger partial charge in [0.1, 0.15) is 0 Å². The van der Waals surface area contributed by atoms with Gasteiger partial charge in [-0.1, -0.05) is 12.5 Å². The molecule has 0 radical (unpaired) electrons. The van der Waals surface area contributed by atoms with E-state index in [1.807, 2.05) is 24.4 Å². The molecule has 0 bridgehead atoms. The molecule has 0 spiro atoms. The fourth-order valence-electron chi connectivity index (χ4n) is 3.64. The zero-order chi connectivity index (χ0) is 19.9. The number of hydrogen-bond acceptors (Lipinski definition) is 6. The van der Waals surface area contributed by atoms with E-state index < -0.39 is 0 Å². The monoisotopic (exact) mass is 388 g/mol. The summed E-state index contributed by atoms with van der Waals surface area (Å²) in [7, 11) is 0. The lowest BCUT2D eigenvalue weighted by Crippen LogP contribution is -2.40. The van der Waals surface area contributed by atoms with Gasteiger partial charge in [0.25, 0.3) is 5.91 Å². The van der Waals surface area contributed by atoms with Crippen LogP contribution in [0.4, 0.5) is 0 Å². The zero-order valence-corrected chi connectivity index (χ0v) is 16.2. The van der Waals surface area contributed by atoms with E-state index in [2.05, 4.69) is 36.2 Å². The van der Waals surface area contributed by atoms with Crippen LogP contribution >= 0.6 is 0 Å². The highest BCUT2D eigenvalue weighted by Gasteiger charge is 2.23. The van der Waals surface area contributed by atoms with Crippen molar-refractivity contribution in [3.8, 4) is 11.4 Å². The van der Waals surface area contributed by atoms with Crippen LogP contribution in [0, 0.1) is 0 Å². The van der Waals surface area contributed by atoms with Gasteiger partial charge in [0.15, 0.2) is 5.82 Å². The first-order valence-electron chi connectivity index (χ1n) is 9.96. The van der Waals surface area contributed by atoms with Crippen molar-refractivity contribution < 1.29 is 4.79 Å². The van der Waals surface area contributed by atoms with E-state index in [4.69, 9.17) is 0 Å². The summed E-state index contributed by atoms with van der Waals surface area (Å²) in [5.41, 5.74) is 2.39. The number of likely N-dealkylation sites (tertiary alicyclic amines) is 1. The largest absolute Gasteiger partial charge is 0.350 e. The smallest absolute Gasteiger partial charge is 0.254 e. The SMILES string of the molecule is O=C(NCC(c1cccnc1)N1CCCCC1)c1cnc(-c2cccnc2)nc1. The molecule has 29 heavy (non-hydrogen) atoms. The Labute approximate surface area is 170 Å². The minimum atomic E-state index is -0.173. The van der Waals surface area contributed by atoms with Crippen LogP contribution in [0.5, 0.6) is 0 Å². The number of rotatable bonds is 6. The summed E-state index contributed by atoms with van der Waals surface area (Å²) in [6.45, 7) is 2.60. The Morgan fingerprint density at radius 2 is 1.69 bits per heavy atom. The predicted molar refractivity (Wildman–Crippen MR) is 110 cm³/mol. The molecule has 1 N–H and O–H groups in total. The molecule has 1 saturated heterocycles. The van der Waals surface area contributed by atoms with Crippen molar-refractivity contribution in [1.82, 2.24) is 30.2 Å². The summed E-state index contributed by atoms with van der Waals surface area (Å²) in [4.78, 5) is 32.1. The zero-order valence-electron chi connectivity index (χ0n) is 16.2. The van der Waals surface area contributed by atoms with Crippen LogP contribution in [0.3, 0.4) is 0 Å². The van der Waals surface area contributed by atoms with E-state index in [0.717, 1.165) is 24.2 Å². The van der Waals surface area contributed by atoms with Gasteiger partial charge >= 0.3 is 0 Å². The van der Waals surface area contributed by atoms with E-state index in [1.54, 1.807) is 31.0 Å². The third kappa shape index (κ3) is 4.81. The van der Waals surface area contributed by atoms with Crippen LogP contribution < -0.4 is 5.32 Å². The fraction of sp³-hybridized carbons (Fsp3) is 0.318. The van der Waals surface area contributed by atoms with Crippen molar-refractivity contribution in [1.29, 1.82) is 0 Å². The highest BCUT2D eigenvalue weighted by molar-refractivity contribution is 5.93. The Kier molecular flexibility index (Phi) is 6.16. The van der Waals surface area contributed by atoms with Gasteiger partial charge in [-0.3, -0.25) is 19.7 Å². The minimum absolute atomic E-state index is 0.114. The molecule has 3 aromatic rings. The lowest BCUT2D eigenvalue weighted by Gasteiger charge is -2.34. The first kappa shape index (κ1) is 19.1. The van der Waals surface area contributed by atoms with Crippen LogP contribution in [0.25, 0.3) is 11.4 Å². The van der Waals surface area contributed by atoms with Crippen molar-refractivity contribution in [3.05, 3.63) is 72.6 Å². The molecule has 7 heteroatoms. The molecule has 0 saturated carbocycles. The Bertz CT molecular complexity index is 911. The summed E-state index contributed by atoms with van der Waals surface area (Å²) in [6.07, 6.45) is 13.8. The third-order valence-electron chi connectivity index (χ3n) is 5.19. The molecule has 1 aliphatic rings. The molecule has 4 heterocycles. The molecule has 148 valence electrons. The van der Waals surface area contributed by atoms with Gasteiger partial charge in [0, 0.05) is 49.3 Å². The molecular formula is C22H24N6O. The maximum atomic E-state index is 12.7. The number of aromatic nitrogens is 4. The average molecular weight is 388 g/mol. The van der Waals surface area contributed by atoms with E-state index in [9.17, 15) is 4.79 Å².